The Bertz CT molecular complexity index is 380. The van der Waals surface area contributed by atoms with E-state index in [2.05, 4.69) is 41.0 Å². The lowest BCUT2D eigenvalue weighted by atomic mass is 10.1. The Hall–Kier alpha value is -0.870. The average molecular weight is 285 g/mol. The standard InChI is InChI=1S/C14H25ClN4/c1-5-19(6-2)9-7-8-12(4)17-13-11(3)10-16-14(15)18-13/h10,12H,5-9H2,1-4H3,(H,16,17,18). The van der Waals surface area contributed by atoms with Gasteiger partial charge in [-0.1, -0.05) is 13.8 Å². The molecule has 0 aliphatic rings. The fourth-order valence-electron chi connectivity index (χ4n) is 2.03. The SMILES string of the molecule is CCN(CC)CCCC(C)Nc1nc(Cl)ncc1C. The van der Waals surface area contributed by atoms with Crippen LogP contribution in [0, 0.1) is 6.92 Å². The average Bonchev–Trinajstić information content (AvgIpc) is 2.39. The molecule has 0 radical (unpaired) electrons. The number of aryl methyl sites for hydroxylation is 1. The summed E-state index contributed by atoms with van der Waals surface area (Å²) in [5, 5.41) is 3.70. The minimum absolute atomic E-state index is 0.295. The van der Waals surface area contributed by atoms with Gasteiger partial charge in [0.1, 0.15) is 5.82 Å². The second-order valence-electron chi connectivity index (χ2n) is 4.89. The summed E-state index contributed by atoms with van der Waals surface area (Å²) in [4.78, 5) is 10.6. The van der Waals surface area contributed by atoms with Gasteiger partial charge >= 0.3 is 0 Å². The van der Waals surface area contributed by atoms with Gasteiger partial charge in [-0.25, -0.2) is 9.97 Å². The van der Waals surface area contributed by atoms with Crippen molar-refractivity contribution in [2.24, 2.45) is 0 Å². The number of nitrogens with one attached hydrogen (secondary N) is 1. The topological polar surface area (TPSA) is 41.0 Å². The lowest BCUT2D eigenvalue weighted by molar-refractivity contribution is 0.295. The van der Waals surface area contributed by atoms with Crippen LogP contribution in [0.25, 0.3) is 0 Å². The minimum Gasteiger partial charge on any atom is -0.367 e. The number of halogens is 1. The molecule has 1 rings (SSSR count). The van der Waals surface area contributed by atoms with E-state index in [1.807, 2.05) is 6.92 Å². The molecule has 0 aliphatic carbocycles. The maximum Gasteiger partial charge on any atom is 0.224 e. The fraction of sp³-hybridized carbons (Fsp3) is 0.714. The zero-order chi connectivity index (χ0) is 14.3. The van der Waals surface area contributed by atoms with Crippen molar-refractivity contribution in [3.05, 3.63) is 17.0 Å². The molecule has 0 saturated heterocycles. The largest absolute Gasteiger partial charge is 0.367 e. The van der Waals surface area contributed by atoms with Crippen LogP contribution in [0.3, 0.4) is 0 Å². The zero-order valence-electron chi connectivity index (χ0n) is 12.4. The Labute approximate surface area is 121 Å². The van der Waals surface area contributed by atoms with Crippen LogP contribution >= 0.6 is 11.6 Å². The van der Waals surface area contributed by atoms with Crippen molar-refractivity contribution in [2.75, 3.05) is 25.0 Å². The number of hydrogen-bond donors (Lipinski definition) is 1. The summed E-state index contributed by atoms with van der Waals surface area (Å²) in [5.74, 6) is 0.843. The molecule has 0 aliphatic heterocycles. The van der Waals surface area contributed by atoms with E-state index in [-0.39, 0.29) is 0 Å². The molecule has 5 heteroatoms. The number of anilines is 1. The smallest absolute Gasteiger partial charge is 0.224 e. The molecule has 1 heterocycles. The van der Waals surface area contributed by atoms with Gasteiger partial charge in [-0.3, -0.25) is 0 Å². The van der Waals surface area contributed by atoms with Gasteiger partial charge in [0.15, 0.2) is 0 Å². The van der Waals surface area contributed by atoms with Gasteiger partial charge in [0.05, 0.1) is 0 Å². The predicted molar refractivity (Wildman–Crippen MR) is 81.9 cm³/mol. The molecule has 0 amide bonds. The fourth-order valence-corrected chi connectivity index (χ4v) is 2.17. The third-order valence-electron chi connectivity index (χ3n) is 3.33. The molecule has 0 aromatic carbocycles. The van der Waals surface area contributed by atoms with E-state index in [0.29, 0.717) is 11.3 Å². The molecule has 1 aromatic heterocycles. The van der Waals surface area contributed by atoms with Crippen LogP contribution < -0.4 is 5.32 Å². The highest BCUT2D eigenvalue weighted by molar-refractivity contribution is 6.28. The van der Waals surface area contributed by atoms with Gasteiger partial charge in [0.2, 0.25) is 5.28 Å². The van der Waals surface area contributed by atoms with E-state index in [1.165, 1.54) is 6.42 Å². The van der Waals surface area contributed by atoms with Crippen LogP contribution in [0.1, 0.15) is 39.2 Å². The summed E-state index contributed by atoms with van der Waals surface area (Å²) >= 11 is 5.81. The van der Waals surface area contributed by atoms with Crippen LogP contribution in [0.15, 0.2) is 6.20 Å². The quantitative estimate of drug-likeness (QED) is 0.743. The highest BCUT2D eigenvalue weighted by atomic mass is 35.5. The Morgan fingerprint density at radius 1 is 1.37 bits per heavy atom. The van der Waals surface area contributed by atoms with Crippen LogP contribution in [0.2, 0.25) is 5.28 Å². The molecule has 0 spiro atoms. The summed E-state index contributed by atoms with van der Waals surface area (Å²) in [6.07, 6.45) is 4.06. The van der Waals surface area contributed by atoms with Gasteiger partial charge in [0.25, 0.3) is 0 Å². The highest BCUT2D eigenvalue weighted by Crippen LogP contribution is 2.15. The monoisotopic (exact) mass is 284 g/mol. The minimum atomic E-state index is 0.295. The van der Waals surface area contributed by atoms with Crippen LogP contribution in [-0.2, 0) is 0 Å². The molecule has 1 N–H and O–H groups in total. The first kappa shape index (κ1) is 16.2. The van der Waals surface area contributed by atoms with Gasteiger partial charge < -0.3 is 10.2 Å². The molecule has 0 bridgehead atoms. The van der Waals surface area contributed by atoms with Crippen molar-refractivity contribution in [3.8, 4) is 0 Å². The van der Waals surface area contributed by atoms with E-state index >= 15 is 0 Å². The first-order valence-electron chi connectivity index (χ1n) is 7.04. The number of rotatable bonds is 8. The molecule has 1 atom stereocenters. The molecular weight excluding hydrogens is 260 g/mol. The van der Waals surface area contributed by atoms with E-state index in [9.17, 15) is 0 Å². The third-order valence-corrected chi connectivity index (χ3v) is 3.51. The summed E-state index contributed by atoms with van der Waals surface area (Å²) in [7, 11) is 0. The molecule has 19 heavy (non-hydrogen) atoms. The lowest BCUT2D eigenvalue weighted by Crippen LogP contribution is -2.26. The van der Waals surface area contributed by atoms with E-state index in [4.69, 9.17) is 11.6 Å². The van der Waals surface area contributed by atoms with Gasteiger partial charge in [-0.15, -0.1) is 0 Å². The highest BCUT2D eigenvalue weighted by Gasteiger charge is 2.07. The first-order valence-corrected chi connectivity index (χ1v) is 7.42. The summed E-state index contributed by atoms with van der Waals surface area (Å²) in [6.45, 7) is 12.0. The Morgan fingerprint density at radius 2 is 2.05 bits per heavy atom. The van der Waals surface area contributed by atoms with E-state index < -0.39 is 0 Å². The number of aromatic nitrogens is 2. The van der Waals surface area contributed by atoms with E-state index in [1.54, 1.807) is 6.20 Å². The summed E-state index contributed by atoms with van der Waals surface area (Å²) in [5.41, 5.74) is 1.03. The lowest BCUT2D eigenvalue weighted by Gasteiger charge is -2.20. The van der Waals surface area contributed by atoms with Crippen molar-refractivity contribution >= 4 is 17.4 Å². The maximum absolute atomic E-state index is 5.81. The molecule has 0 saturated carbocycles. The van der Waals surface area contributed by atoms with Crippen LogP contribution in [-0.4, -0.2) is 40.5 Å². The van der Waals surface area contributed by atoms with Crippen molar-refractivity contribution in [1.82, 2.24) is 14.9 Å². The molecule has 108 valence electrons. The van der Waals surface area contributed by atoms with Crippen molar-refractivity contribution < 1.29 is 0 Å². The molecule has 0 fully saturated rings. The maximum atomic E-state index is 5.81. The Balaban J connectivity index is 2.38. The molecular formula is C14H25ClN4. The number of nitrogens with zero attached hydrogens (tertiary/aromatic N) is 3. The summed E-state index contributed by atoms with van der Waals surface area (Å²) in [6, 6.07) is 0.389. The molecule has 1 unspecified atom stereocenters. The summed E-state index contributed by atoms with van der Waals surface area (Å²) < 4.78 is 0. The molecule has 4 nitrogen and oxygen atoms in total. The zero-order valence-corrected chi connectivity index (χ0v) is 13.2. The normalized spacial score (nSPS) is 12.7. The molecule has 1 aromatic rings. The van der Waals surface area contributed by atoms with Crippen molar-refractivity contribution in [1.29, 1.82) is 0 Å². The number of hydrogen-bond acceptors (Lipinski definition) is 4. The van der Waals surface area contributed by atoms with Crippen molar-refractivity contribution in [3.63, 3.8) is 0 Å². The Morgan fingerprint density at radius 3 is 2.68 bits per heavy atom. The second-order valence-corrected chi connectivity index (χ2v) is 5.22. The Kier molecular flexibility index (Phi) is 7.10. The van der Waals surface area contributed by atoms with Crippen LogP contribution in [0.4, 0.5) is 5.82 Å². The van der Waals surface area contributed by atoms with Gasteiger partial charge in [-0.2, -0.15) is 0 Å². The first-order chi connectivity index (χ1) is 9.06. The van der Waals surface area contributed by atoms with Crippen LogP contribution in [0.5, 0.6) is 0 Å². The van der Waals surface area contributed by atoms with Gasteiger partial charge in [0, 0.05) is 17.8 Å². The van der Waals surface area contributed by atoms with Crippen molar-refractivity contribution in [2.45, 2.75) is 46.6 Å². The van der Waals surface area contributed by atoms with Gasteiger partial charge in [-0.05, 0) is 57.9 Å². The van der Waals surface area contributed by atoms with E-state index in [0.717, 1.165) is 37.4 Å². The third kappa shape index (κ3) is 5.74. The second kappa shape index (κ2) is 8.33. The predicted octanol–water partition coefficient (Wildman–Crippen LogP) is 3.36.